The summed E-state index contributed by atoms with van der Waals surface area (Å²) in [4.78, 5) is 38.1. The zero-order valence-corrected chi connectivity index (χ0v) is 16.4. The van der Waals surface area contributed by atoms with Gasteiger partial charge in [0, 0.05) is 30.3 Å². The Bertz CT molecular complexity index is 1110. The third-order valence-corrected chi connectivity index (χ3v) is 5.48. The molecular weight excluding hydrogens is 382 g/mol. The van der Waals surface area contributed by atoms with E-state index in [1.165, 1.54) is 0 Å². The highest BCUT2D eigenvalue weighted by Gasteiger charge is 2.26. The molecule has 3 amide bonds. The molecule has 0 bridgehead atoms. The largest absolute Gasteiger partial charge is 0.364 e. The number of aromatic amines is 1. The monoisotopic (exact) mass is 405 g/mol. The van der Waals surface area contributed by atoms with Crippen molar-refractivity contribution in [3.05, 3.63) is 65.5 Å². The first-order valence-corrected chi connectivity index (χ1v) is 9.91. The predicted molar refractivity (Wildman–Crippen MR) is 112 cm³/mol. The molecule has 1 atom stereocenters. The van der Waals surface area contributed by atoms with Crippen LogP contribution in [0.2, 0.25) is 0 Å². The average Bonchev–Trinajstić information content (AvgIpc) is 3.28. The molecule has 0 saturated carbocycles. The zero-order valence-electron chi connectivity index (χ0n) is 16.4. The fraction of sp³-hybridized carbons (Fsp3) is 0.273. The number of carbonyl (C=O) groups is 3. The molecule has 1 saturated heterocycles. The number of hydrogen-bond donors (Lipinski definition) is 3. The van der Waals surface area contributed by atoms with E-state index in [0.717, 1.165) is 29.3 Å². The number of aromatic nitrogens is 2. The maximum atomic E-state index is 12.6. The Labute approximate surface area is 173 Å². The molecule has 8 nitrogen and oxygen atoms in total. The van der Waals surface area contributed by atoms with Crippen molar-refractivity contribution in [2.24, 2.45) is 5.73 Å². The first kappa shape index (κ1) is 19.6. The summed E-state index contributed by atoms with van der Waals surface area (Å²) < 4.78 is 0. The van der Waals surface area contributed by atoms with Crippen LogP contribution >= 0.6 is 0 Å². The van der Waals surface area contributed by atoms with E-state index < -0.39 is 5.91 Å². The Morgan fingerprint density at radius 2 is 1.93 bits per heavy atom. The van der Waals surface area contributed by atoms with E-state index in [4.69, 9.17) is 5.73 Å². The van der Waals surface area contributed by atoms with Crippen molar-refractivity contribution >= 4 is 28.5 Å². The summed E-state index contributed by atoms with van der Waals surface area (Å²) in [5.41, 5.74) is 6.76. The summed E-state index contributed by atoms with van der Waals surface area (Å²) in [5.74, 6) is -0.942. The third kappa shape index (κ3) is 4.17. The summed E-state index contributed by atoms with van der Waals surface area (Å²) >= 11 is 0. The van der Waals surface area contributed by atoms with Crippen LogP contribution < -0.4 is 11.1 Å². The smallest absolute Gasteiger partial charge is 0.269 e. The second kappa shape index (κ2) is 8.36. The maximum Gasteiger partial charge on any atom is 0.269 e. The quantitative estimate of drug-likeness (QED) is 0.599. The number of carbonyl (C=O) groups excluding carboxylic acids is 3. The van der Waals surface area contributed by atoms with Crippen molar-refractivity contribution in [3.8, 4) is 0 Å². The number of nitrogens with one attached hydrogen (secondary N) is 2. The van der Waals surface area contributed by atoms with Crippen LogP contribution in [0.25, 0.3) is 10.8 Å². The molecular formula is C22H23N5O3. The Morgan fingerprint density at radius 1 is 1.13 bits per heavy atom. The van der Waals surface area contributed by atoms with Gasteiger partial charge in [0.15, 0.2) is 0 Å². The molecule has 1 unspecified atom stereocenters. The number of nitrogens with zero attached hydrogens (tertiary/aromatic N) is 2. The third-order valence-electron chi connectivity index (χ3n) is 5.48. The van der Waals surface area contributed by atoms with Gasteiger partial charge in [-0.25, -0.2) is 0 Å². The minimum absolute atomic E-state index is 0.0551. The lowest BCUT2D eigenvalue weighted by molar-refractivity contribution is -0.131. The molecule has 2 aromatic carbocycles. The van der Waals surface area contributed by atoms with Gasteiger partial charge in [-0.1, -0.05) is 30.3 Å². The fourth-order valence-electron chi connectivity index (χ4n) is 3.83. The van der Waals surface area contributed by atoms with E-state index >= 15 is 0 Å². The SMILES string of the molecule is NC(=O)c1cc(C2CCCN(C(=O)CNC(=O)c3ccc4ccccc4c3)C2)[nH]n1. The van der Waals surface area contributed by atoms with Crippen LogP contribution in [0.5, 0.6) is 0 Å². The van der Waals surface area contributed by atoms with Gasteiger partial charge in [0.05, 0.1) is 6.54 Å². The van der Waals surface area contributed by atoms with Crippen LogP contribution in [0.3, 0.4) is 0 Å². The van der Waals surface area contributed by atoms with Crippen molar-refractivity contribution in [1.29, 1.82) is 0 Å². The first-order chi connectivity index (χ1) is 14.5. The van der Waals surface area contributed by atoms with Gasteiger partial charge in [-0.2, -0.15) is 5.10 Å². The number of rotatable bonds is 5. The molecule has 1 aliphatic heterocycles. The molecule has 1 aromatic heterocycles. The minimum atomic E-state index is -0.586. The van der Waals surface area contributed by atoms with E-state index in [9.17, 15) is 14.4 Å². The lowest BCUT2D eigenvalue weighted by atomic mass is 9.94. The van der Waals surface area contributed by atoms with Crippen LogP contribution in [0, 0.1) is 0 Å². The first-order valence-electron chi connectivity index (χ1n) is 9.91. The van der Waals surface area contributed by atoms with Gasteiger partial charge in [-0.05, 0) is 41.8 Å². The molecule has 0 spiro atoms. The van der Waals surface area contributed by atoms with Crippen LogP contribution in [-0.4, -0.2) is 52.5 Å². The topological polar surface area (TPSA) is 121 Å². The molecule has 154 valence electrons. The van der Waals surface area contributed by atoms with E-state index in [1.807, 2.05) is 36.4 Å². The predicted octanol–water partition coefficient (Wildman–Crippen LogP) is 1.80. The summed E-state index contributed by atoms with van der Waals surface area (Å²) in [5, 5.41) is 11.5. The van der Waals surface area contributed by atoms with E-state index in [-0.39, 0.29) is 30.0 Å². The molecule has 3 aromatic rings. The van der Waals surface area contributed by atoms with Gasteiger partial charge in [-0.3, -0.25) is 19.5 Å². The van der Waals surface area contributed by atoms with E-state index in [1.54, 1.807) is 17.0 Å². The van der Waals surface area contributed by atoms with Crippen LogP contribution in [-0.2, 0) is 4.79 Å². The number of nitrogens with two attached hydrogens (primary N) is 1. The molecule has 1 fully saturated rings. The number of amides is 3. The van der Waals surface area contributed by atoms with E-state index in [2.05, 4.69) is 15.5 Å². The highest BCUT2D eigenvalue weighted by molar-refractivity contribution is 6.00. The average molecular weight is 405 g/mol. The van der Waals surface area contributed by atoms with Gasteiger partial charge in [0.25, 0.3) is 11.8 Å². The number of H-pyrrole nitrogens is 1. The summed E-state index contributed by atoms with van der Waals surface area (Å²) in [6, 6.07) is 14.9. The molecule has 30 heavy (non-hydrogen) atoms. The number of hydrogen-bond acceptors (Lipinski definition) is 4. The Balaban J connectivity index is 1.35. The molecule has 4 N–H and O–H groups in total. The highest BCUT2D eigenvalue weighted by atomic mass is 16.2. The molecule has 0 aliphatic carbocycles. The second-order valence-corrected chi connectivity index (χ2v) is 7.50. The van der Waals surface area contributed by atoms with Crippen molar-refractivity contribution < 1.29 is 14.4 Å². The zero-order chi connectivity index (χ0) is 21.1. The standard InChI is InChI=1S/C22H23N5O3/c23-21(29)19-11-18(25-26-19)17-6-3-9-27(13-17)20(28)12-24-22(30)16-8-7-14-4-1-2-5-15(14)10-16/h1-2,4-5,7-8,10-11,17H,3,6,9,12-13H2,(H2,23,29)(H,24,30)(H,25,26). The van der Waals surface area contributed by atoms with Crippen molar-refractivity contribution in [1.82, 2.24) is 20.4 Å². The molecule has 2 heterocycles. The lowest BCUT2D eigenvalue weighted by Crippen LogP contribution is -2.44. The Kier molecular flexibility index (Phi) is 5.47. The van der Waals surface area contributed by atoms with Crippen LogP contribution in [0.1, 0.15) is 45.3 Å². The highest BCUT2D eigenvalue weighted by Crippen LogP contribution is 2.26. The maximum absolute atomic E-state index is 12.6. The van der Waals surface area contributed by atoms with Crippen LogP contribution in [0.15, 0.2) is 48.5 Å². The Morgan fingerprint density at radius 3 is 2.70 bits per heavy atom. The minimum Gasteiger partial charge on any atom is -0.364 e. The summed E-state index contributed by atoms with van der Waals surface area (Å²) in [7, 11) is 0. The van der Waals surface area contributed by atoms with Gasteiger partial charge in [0.1, 0.15) is 5.69 Å². The van der Waals surface area contributed by atoms with Crippen molar-refractivity contribution in [3.63, 3.8) is 0 Å². The molecule has 1 aliphatic rings. The van der Waals surface area contributed by atoms with Crippen molar-refractivity contribution in [2.45, 2.75) is 18.8 Å². The molecule has 8 heteroatoms. The number of piperidine rings is 1. The van der Waals surface area contributed by atoms with E-state index in [0.29, 0.717) is 18.7 Å². The van der Waals surface area contributed by atoms with Gasteiger partial charge >= 0.3 is 0 Å². The lowest BCUT2D eigenvalue weighted by Gasteiger charge is -2.32. The summed E-state index contributed by atoms with van der Waals surface area (Å²) in [6.45, 7) is 1.08. The summed E-state index contributed by atoms with van der Waals surface area (Å²) in [6.07, 6.45) is 1.72. The molecule has 0 radical (unpaired) electrons. The number of benzene rings is 2. The van der Waals surface area contributed by atoms with Crippen LogP contribution in [0.4, 0.5) is 0 Å². The second-order valence-electron chi connectivity index (χ2n) is 7.50. The Hall–Kier alpha value is -3.68. The molecule has 4 rings (SSSR count). The van der Waals surface area contributed by atoms with Gasteiger partial charge in [0.2, 0.25) is 5.91 Å². The number of fused-ring (bicyclic) bond motifs is 1. The van der Waals surface area contributed by atoms with Gasteiger partial charge < -0.3 is 16.0 Å². The number of primary amides is 1. The van der Waals surface area contributed by atoms with Crippen molar-refractivity contribution in [2.75, 3.05) is 19.6 Å². The van der Waals surface area contributed by atoms with Gasteiger partial charge in [-0.15, -0.1) is 0 Å². The fourth-order valence-corrected chi connectivity index (χ4v) is 3.83. The number of likely N-dealkylation sites (tertiary alicyclic amines) is 1. The normalized spacial score (nSPS) is 16.4.